The molecule has 0 saturated carbocycles. The second kappa shape index (κ2) is 8.79. The summed E-state index contributed by atoms with van der Waals surface area (Å²) >= 11 is 0. The Balaban J connectivity index is 2.19. The molecule has 0 atom stereocenters. The molecule has 0 heterocycles. The Kier molecular flexibility index (Phi) is 6.95. The lowest BCUT2D eigenvalue weighted by atomic mass is 10.3. The van der Waals surface area contributed by atoms with Gasteiger partial charge in [0.05, 0.1) is 26.7 Å². The summed E-state index contributed by atoms with van der Waals surface area (Å²) in [6.07, 6.45) is 0.172. The number of hydrogen-bond acceptors (Lipinski definition) is 5. The second-order valence-electron chi connectivity index (χ2n) is 3.86. The molecular weight excluding hydrogens is 262 g/mol. The van der Waals surface area contributed by atoms with Crippen molar-refractivity contribution in [2.45, 2.75) is 13.3 Å². The van der Waals surface area contributed by atoms with Crippen molar-refractivity contribution in [3.63, 3.8) is 0 Å². The van der Waals surface area contributed by atoms with Crippen LogP contribution in [0.3, 0.4) is 0 Å². The van der Waals surface area contributed by atoms with Crippen LogP contribution in [0.1, 0.15) is 13.3 Å². The summed E-state index contributed by atoms with van der Waals surface area (Å²) in [5.74, 6) is 0.692. The molecule has 0 spiro atoms. The predicted molar refractivity (Wildman–Crippen MR) is 72.7 cm³/mol. The highest BCUT2D eigenvalue weighted by atomic mass is 16.5. The fraction of sp³-hybridized carbons (Fsp3) is 0.429. The number of carbonyl (C=O) groups excluding carboxylic acids is 2. The number of nitrogens with one attached hydrogen (secondary N) is 1. The van der Waals surface area contributed by atoms with Gasteiger partial charge in [0.15, 0.2) is 0 Å². The molecule has 1 N–H and O–H groups in total. The number of esters is 1. The van der Waals surface area contributed by atoms with Gasteiger partial charge in [-0.15, -0.1) is 0 Å². The Hall–Kier alpha value is -2.24. The Bertz CT molecular complexity index is 430. The Labute approximate surface area is 118 Å². The lowest BCUT2D eigenvalue weighted by molar-refractivity contribution is -0.143. The van der Waals surface area contributed by atoms with E-state index in [2.05, 4.69) is 5.32 Å². The zero-order valence-corrected chi connectivity index (χ0v) is 11.7. The molecule has 0 bridgehead atoms. The van der Waals surface area contributed by atoms with Crippen LogP contribution in [0.4, 0.5) is 0 Å². The van der Waals surface area contributed by atoms with Crippen molar-refractivity contribution in [3.8, 4) is 11.5 Å². The van der Waals surface area contributed by atoms with Crippen LogP contribution in [0.15, 0.2) is 24.3 Å². The maximum absolute atomic E-state index is 11.4. The quantitative estimate of drug-likeness (QED) is 0.723. The first-order valence-corrected chi connectivity index (χ1v) is 6.35. The van der Waals surface area contributed by atoms with Gasteiger partial charge in [-0.2, -0.15) is 0 Å². The number of ether oxygens (including phenoxy) is 3. The van der Waals surface area contributed by atoms with Gasteiger partial charge in [-0.1, -0.05) is 0 Å². The predicted octanol–water partition coefficient (Wildman–Crippen LogP) is 1.14. The molecule has 0 unspecified atom stereocenters. The van der Waals surface area contributed by atoms with Gasteiger partial charge in [0, 0.05) is 0 Å². The monoisotopic (exact) mass is 281 g/mol. The van der Waals surface area contributed by atoms with Gasteiger partial charge >= 0.3 is 5.97 Å². The van der Waals surface area contributed by atoms with Gasteiger partial charge in [0.1, 0.15) is 18.0 Å². The van der Waals surface area contributed by atoms with Crippen LogP contribution in [0.25, 0.3) is 0 Å². The second-order valence-corrected chi connectivity index (χ2v) is 3.86. The van der Waals surface area contributed by atoms with E-state index in [4.69, 9.17) is 14.2 Å². The maximum Gasteiger partial charge on any atom is 0.325 e. The number of benzene rings is 1. The topological polar surface area (TPSA) is 73.9 Å². The molecule has 0 aliphatic heterocycles. The lowest BCUT2D eigenvalue weighted by Gasteiger charge is -2.07. The van der Waals surface area contributed by atoms with Gasteiger partial charge in [0.25, 0.3) is 0 Å². The van der Waals surface area contributed by atoms with E-state index in [1.54, 1.807) is 38.3 Å². The van der Waals surface area contributed by atoms with Crippen LogP contribution < -0.4 is 14.8 Å². The van der Waals surface area contributed by atoms with E-state index in [0.717, 1.165) is 5.75 Å². The van der Waals surface area contributed by atoms with Crippen molar-refractivity contribution in [2.24, 2.45) is 0 Å². The highest BCUT2D eigenvalue weighted by Crippen LogP contribution is 2.16. The fourth-order valence-electron chi connectivity index (χ4n) is 1.40. The third kappa shape index (κ3) is 6.08. The average Bonchev–Trinajstić information content (AvgIpc) is 2.46. The Morgan fingerprint density at radius 3 is 2.40 bits per heavy atom. The van der Waals surface area contributed by atoms with Crippen LogP contribution in [0.2, 0.25) is 0 Å². The van der Waals surface area contributed by atoms with Crippen LogP contribution in [0.5, 0.6) is 11.5 Å². The van der Waals surface area contributed by atoms with E-state index < -0.39 is 5.97 Å². The SMILES string of the molecule is CCOC(=O)CNC(=O)CCOc1ccc(OC)cc1. The number of carbonyl (C=O) groups is 2. The highest BCUT2D eigenvalue weighted by molar-refractivity contribution is 5.81. The zero-order chi connectivity index (χ0) is 14.8. The molecule has 6 heteroatoms. The summed E-state index contributed by atoms with van der Waals surface area (Å²) < 4.78 is 15.1. The average molecular weight is 281 g/mol. The molecular formula is C14H19NO5. The van der Waals surface area contributed by atoms with Crippen LogP contribution in [0, 0.1) is 0 Å². The van der Waals surface area contributed by atoms with Crippen LogP contribution in [-0.2, 0) is 14.3 Å². The van der Waals surface area contributed by atoms with Crippen molar-refractivity contribution < 1.29 is 23.8 Å². The normalized spacial score (nSPS) is 9.70. The maximum atomic E-state index is 11.4. The Morgan fingerprint density at radius 2 is 1.80 bits per heavy atom. The number of hydrogen-bond donors (Lipinski definition) is 1. The third-order valence-electron chi connectivity index (χ3n) is 2.39. The smallest absolute Gasteiger partial charge is 0.325 e. The van der Waals surface area contributed by atoms with Gasteiger partial charge in [-0.3, -0.25) is 9.59 Å². The van der Waals surface area contributed by atoms with Gasteiger partial charge in [-0.05, 0) is 31.2 Å². The van der Waals surface area contributed by atoms with E-state index in [-0.39, 0.29) is 25.5 Å². The minimum atomic E-state index is -0.447. The molecule has 6 nitrogen and oxygen atoms in total. The van der Waals surface area contributed by atoms with Gasteiger partial charge in [0.2, 0.25) is 5.91 Å². The van der Waals surface area contributed by atoms with Crippen molar-refractivity contribution in [1.29, 1.82) is 0 Å². The first-order chi connectivity index (χ1) is 9.65. The molecule has 1 aromatic carbocycles. The molecule has 0 aliphatic rings. The van der Waals surface area contributed by atoms with E-state index in [0.29, 0.717) is 12.4 Å². The molecule has 0 fully saturated rings. The van der Waals surface area contributed by atoms with Crippen molar-refractivity contribution >= 4 is 11.9 Å². The molecule has 110 valence electrons. The summed E-state index contributed by atoms with van der Waals surface area (Å²) in [6, 6.07) is 7.07. The van der Waals surface area contributed by atoms with Crippen molar-refractivity contribution in [2.75, 3.05) is 26.9 Å². The molecule has 0 radical (unpaired) electrons. The van der Waals surface area contributed by atoms with Gasteiger partial charge < -0.3 is 19.5 Å². The van der Waals surface area contributed by atoms with E-state index in [9.17, 15) is 9.59 Å². The summed E-state index contributed by atoms with van der Waals surface area (Å²) in [7, 11) is 1.59. The van der Waals surface area contributed by atoms with Crippen molar-refractivity contribution in [1.82, 2.24) is 5.32 Å². The van der Waals surface area contributed by atoms with Crippen molar-refractivity contribution in [3.05, 3.63) is 24.3 Å². The molecule has 1 aromatic rings. The van der Waals surface area contributed by atoms with E-state index in [1.807, 2.05) is 0 Å². The first-order valence-electron chi connectivity index (χ1n) is 6.35. The van der Waals surface area contributed by atoms with Crippen LogP contribution >= 0.6 is 0 Å². The summed E-state index contributed by atoms with van der Waals surface area (Å²) in [5.41, 5.74) is 0. The van der Waals surface area contributed by atoms with E-state index >= 15 is 0 Å². The molecule has 0 aromatic heterocycles. The van der Waals surface area contributed by atoms with Gasteiger partial charge in [-0.25, -0.2) is 0 Å². The largest absolute Gasteiger partial charge is 0.497 e. The number of methoxy groups -OCH3 is 1. The summed E-state index contributed by atoms with van der Waals surface area (Å²) in [5, 5.41) is 2.46. The first kappa shape index (κ1) is 15.8. The lowest BCUT2D eigenvalue weighted by Crippen LogP contribution is -2.31. The summed E-state index contributed by atoms with van der Waals surface area (Å²) in [4.78, 5) is 22.4. The third-order valence-corrected chi connectivity index (χ3v) is 2.39. The number of amides is 1. The molecule has 1 amide bonds. The molecule has 0 saturated heterocycles. The fourth-order valence-corrected chi connectivity index (χ4v) is 1.40. The standard InChI is InChI=1S/C14H19NO5/c1-3-19-14(17)10-15-13(16)8-9-20-12-6-4-11(18-2)5-7-12/h4-7H,3,8-10H2,1-2H3,(H,15,16). The van der Waals surface area contributed by atoms with Crippen LogP contribution in [-0.4, -0.2) is 38.7 Å². The minimum absolute atomic E-state index is 0.116. The number of rotatable bonds is 8. The Morgan fingerprint density at radius 1 is 1.15 bits per heavy atom. The minimum Gasteiger partial charge on any atom is -0.497 e. The molecule has 20 heavy (non-hydrogen) atoms. The molecule has 1 rings (SSSR count). The summed E-state index contributed by atoms with van der Waals surface area (Å²) in [6.45, 7) is 2.13. The molecule has 0 aliphatic carbocycles. The highest BCUT2D eigenvalue weighted by Gasteiger charge is 2.06. The van der Waals surface area contributed by atoms with E-state index in [1.165, 1.54) is 0 Å². The zero-order valence-electron chi connectivity index (χ0n) is 11.7.